The normalized spacial score (nSPS) is 11.4. The second-order valence-electron chi connectivity index (χ2n) is 3.06. The number of carbonyl (C=O) groups excluding carboxylic acids is 1. The summed E-state index contributed by atoms with van der Waals surface area (Å²) < 4.78 is 0. The van der Waals surface area contributed by atoms with Crippen LogP contribution in [0.5, 0.6) is 0 Å². The van der Waals surface area contributed by atoms with E-state index in [1.807, 2.05) is 31.2 Å². The average Bonchev–Trinajstić information content (AvgIpc) is 2.03. The lowest BCUT2D eigenvalue weighted by Crippen LogP contribution is -2.12. The molecule has 1 aromatic carbocycles. The van der Waals surface area contributed by atoms with Crippen LogP contribution in [0.3, 0.4) is 0 Å². The number of nitrogens with two attached hydrogens (primary N) is 1. The van der Waals surface area contributed by atoms with E-state index in [0.717, 1.165) is 11.3 Å². The Morgan fingerprint density at radius 2 is 2.00 bits per heavy atom. The van der Waals surface area contributed by atoms with E-state index in [-0.39, 0.29) is 24.4 Å². The molecule has 0 radical (unpaired) electrons. The lowest BCUT2D eigenvalue weighted by Gasteiger charge is -2.12. The first-order valence-corrected chi connectivity index (χ1v) is 4.23. The molecule has 1 atom stereocenters. The van der Waals surface area contributed by atoms with Gasteiger partial charge in [-0.1, -0.05) is 18.2 Å². The van der Waals surface area contributed by atoms with Gasteiger partial charge in [0.15, 0.2) is 0 Å². The van der Waals surface area contributed by atoms with Gasteiger partial charge < -0.3 is 11.1 Å². The summed E-state index contributed by atoms with van der Waals surface area (Å²) >= 11 is 0. The molecule has 0 saturated carbocycles. The molecule has 0 unspecified atom stereocenters. The maximum Gasteiger partial charge on any atom is 0.221 e. The summed E-state index contributed by atoms with van der Waals surface area (Å²) in [6.07, 6.45) is 0. The van der Waals surface area contributed by atoms with Crippen molar-refractivity contribution in [2.45, 2.75) is 19.9 Å². The van der Waals surface area contributed by atoms with Crippen molar-refractivity contribution in [1.29, 1.82) is 0 Å². The second kappa shape index (κ2) is 5.62. The Bertz CT molecular complexity index is 313. The average molecular weight is 215 g/mol. The van der Waals surface area contributed by atoms with Gasteiger partial charge in [-0.3, -0.25) is 4.79 Å². The van der Waals surface area contributed by atoms with E-state index in [2.05, 4.69) is 5.32 Å². The van der Waals surface area contributed by atoms with Gasteiger partial charge in [0, 0.05) is 18.7 Å². The summed E-state index contributed by atoms with van der Waals surface area (Å²) in [5, 5.41) is 2.74. The summed E-state index contributed by atoms with van der Waals surface area (Å²) in [6.45, 7) is 3.37. The van der Waals surface area contributed by atoms with Crippen molar-refractivity contribution in [3.05, 3.63) is 29.8 Å². The van der Waals surface area contributed by atoms with Crippen LogP contribution in [0, 0.1) is 0 Å². The summed E-state index contributed by atoms with van der Waals surface area (Å²) in [5.41, 5.74) is 7.49. The monoisotopic (exact) mass is 214 g/mol. The SMILES string of the molecule is CC(=O)Nc1ccccc1[C@H](C)N.Cl. The fourth-order valence-electron chi connectivity index (χ4n) is 1.20. The number of para-hydroxylation sites is 1. The van der Waals surface area contributed by atoms with E-state index in [4.69, 9.17) is 5.73 Å². The minimum Gasteiger partial charge on any atom is -0.326 e. The smallest absolute Gasteiger partial charge is 0.221 e. The Hall–Kier alpha value is -1.06. The Kier molecular flexibility index (Phi) is 5.20. The van der Waals surface area contributed by atoms with Crippen molar-refractivity contribution in [3.8, 4) is 0 Å². The zero-order valence-electron chi connectivity index (χ0n) is 8.28. The van der Waals surface area contributed by atoms with Crippen LogP contribution in [0.2, 0.25) is 0 Å². The third-order valence-corrected chi connectivity index (χ3v) is 1.76. The molecule has 0 aromatic heterocycles. The van der Waals surface area contributed by atoms with E-state index in [9.17, 15) is 4.79 Å². The minimum atomic E-state index is -0.0758. The number of hydrogen-bond acceptors (Lipinski definition) is 2. The first kappa shape index (κ1) is 12.9. The molecule has 0 heterocycles. The van der Waals surface area contributed by atoms with Crippen LogP contribution in [0.1, 0.15) is 25.5 Å². The highest BCUT2D eigenvalue weighted by Crippen LogP contribution is 2.20. The molecule has 3 nitrogen and oxygen atoms in total. The first-order valence-electron chi connectivity index (χ1n) is 4.23. The van der Waals surface area contributed by atoms with Gasteiger partial charge in [0.25, 0.3) is 0 Å². The van der Waals surface area contributed by atoms with Gasteiger partial charge in [-0.2, -0.15) is 0 Å². The van der Waals surface area contributed by atoms with Crippen LogP contribution in [0.15, 0.2) is 24.3 Å². The third-order valence-electron chi connectivity index (χ3n) is 1.76. The molecule has 0 aliphatic heterocycles. The highest BCUT2D eigenvalue weighted by molar-refractivity contribution is 5.89. The van der Waals surface area contributed by atoms with Gasteiger partial charge in [0.2, 0.25) is 5.91 Å². The lowest BCUT2D eigenvalue weighted by atomic mass is 10.1. The van der Waals surface area contributed by atoms with E-state index in [0.29, 0.717) is 0 Å². The highest BCUT2D eigenvalue weighted by Gasteiger charge is 2.05. The zero-order chi connectivity index (χ0) is 9.84. The minimum absolute atomic E-state index is 0. The lowest BCUT2D eigenvalue weighted by molar-refractivity contribution is -0.114. The molecule has 1 amide bonds. The Morgan fingerprint density at radius 3 is 2.50 bits per heavy atom. The van der Waals surface area contributed by atoms with Crippen molar-refractivity contribution in [2.75, 3.05) is 5.32 Å². The first-order chi connectivity index (χ1) is 6.11. The van der Waals surface area contributed by atoms with Gasteiger partial charge in [-0.25, -0.2) is 0 Å². The molecular formula is C10H15ClN2O. The number of rotatable bonds is 2. The Labute approximate surface area is 90.1 Å². The van der Waals surface area contributed by atoms with Crippen LogP contribution < -0.4 is 11.1 Å². The predicted molar refractivity (Wildman–Crippen MR) is 60.6 cm³/mol. The molecular weight excluding hydrogens is 200 g/mol. The number of anilines is 1. The van der Waals surface area contributed by atoms with Crippen molar-refractivity contribution >= 4 is 24.0 Å². The third kappa shape index (κ3) is 3.36. The molecule has 0 fully saturated rings. The van der Waals surface area contributed by atoms with E-state index < -0.39 is 0 Å². The zero-order valence-corrected chi connectivity index (χ0v) is 9.10. The standard InChI is InChI=1S/C10H14N2O.ClH/c1-7(11)9-5-3-4-6-10(9)12-8(2)13;/h3-7H,11H2,1-2H3,(H,12,13);1H/t7-;/m0./s1. The summed E-state index contributed by atoms with van der Waals surface area (Å²) in [5.74, 6) is -0.0758. The van der Waals surface area contributed by atoms with Crippen molar-refractivity contribution < 1.29 is 4.79 Å². The van der Waals surface area contributed by atoms with Crippen LogP contribution in [0.4, 0.5) is 5.69 Å². The fraction of sp³-hybridized carbons (Fsp3) is 0.300. The molecule has 0 aliphatic carbocycles. The number of carbonyl (C=O) groups is 1. The van der Waals surface area contributed by atoms with E-state index in [1.165, 1.54) is 6.92 Å². The summed E-state index contributed by atoms with van der Waals surface area (Å²) in [6, 6.07) is 7.47. The van der Waals surface area contributed by atoms with Crippen molar-refractivity contribution in [3.63, 3.8) is 0 Å². The van der Waals surface area contributed by atoms with E-state index in [1.54, 1.807) is 0 Å². The molecule has 1 rings (SSSR count). The topological polar surface area (TPSA) is 55.1 Å². The molecule has 0 aliphatic rings. The van der Waals surface area contributed by atoms with Gasteiger partial charge >= 0.3 is 0 Å². The van der Waals surface area contributed by atoms with Gasteiger partial charge in [-0.15, -0.1) is 12.4 Å². The Morgan fingerprint density at radius 1 is 1.43 bits per heavy atom. The molecule has 0 bridgehead atoms. The predicted octanol–water partition coefficient (Wildman–Crippen LogP) is 2.09. The summed E-state index contributed by atoms with van der Waals surface area (Å²) in [7, 11) is 0. The number of hydrogen-bond donors (Lipinski definition) is 2. The molecule has 0 spiro atoms. The molecule has 0 saturated heterocycles. The van der Waals surface area contributed by atoms with Gasteiger partial charge in [0.1, 0.15) is 0 Å². The molecule has 3 N–H and O–H groups in total. The number of amides is 1. The quantitative estimate of drug-likeness (QED) is 0.792. The number of benzene rings is 1. The maximum atomic E-state index is 10.8. The van der Waals surface area contributed by atoms with Crippen LogP contribution >= 0.6 is 12.4 Å². The molecule has 78 valence electrons. The van der Waals surface area contributed by atoms with Crippen molar-refractivity contribution in [1.82, 2.24) is 0 Å². The van der Waals surface area contributed by atoms with Gasteiger partial charge in [-0.05, 0) is 18.6 Å². The largest absolute Gasteiger partial charge is 0.326 e. The van der Waals surface area contributed by atoms with Crippen molar-refractivity contribution in [2.24, 2.45) is 5.73 Å². The second-order valence-corrected chi connectivity index (χ2v) is 3.06. The Balaban J connectivity index is 0.00000169. The van der Waals surface area contributed by atoms with E-state index >= 15 is 0 Å². The van der Waals surface area contributed by atoms with Crippen LogP contribution in [-0.4, -0.2) is 5.91 Å². The van der Waals surface area contributed by atoms with Crippen LogP contribution in [0.25, 0.3) is 0 Å². The summed E-state index contributed by atoms with van der Waals surface area (Å²) in [4.78, 5) is 10.8. The number of halogens is 1. The van der Waals surface area contributed by atoms with Gasteiger partial charge in [0.05, 0.1) is 0 Å². The maximum absolute atomic E-state index is 10.8. The number of nitrogens with one attached hydrogen (secondary N) is 1. The highest BCUT2D eigenvalue weighted by atomic mass is 35.5. The molecule has 4 heteroatoms. The van der Waals surface area contributed by atoms with Crippen LogP contribution in [-0.2, 0) is 4.79 Å². The molecule has 14 heavy (non-hydrogen) atoms. The fourth-order valence-corrected chi connectivity index (χ4v) is 1.20. The molecule has 1 aromatic rings.